The van der Waals surface area contributed by atoms with Crippen molar-refractivity contribution >= 4 is 17.7 Å². The van der Waals surface area contributed by atoms with E-state index < -0.39 is 0 Å². The lowest BCUT2D eigenvalue weighted by Gasteiger charge is -2.25. The van der Waals surface area contributed by atoms with Crippen molar-refractivity contribution in [3.05, 3.63) is 29.8 Å². The Hall–Kier alpha value is -1.00. The van der Waals surface area contributed by atoms with Crippen molar-refractivity contribution in [1.82, 2.24) is 5.32 Å². The maximum Gasteiger partial charge on any atom is 0.303 e. The summed E-state index contributed by atoms with van der Waals surface area (Å²) in [5.74, 6) is -0.233. The number of nitrogens with one attached hydrogen (secondary N) is 1. The van der Waals surface area contributed by atoms with E-state index in [9.17, 15) is 4.79 Å². The zero-order valence-electron chi connectivity index (χ0n) is 17.2. The predicted octanol–water partition coefficient (Wildman–Crippen LogP) is 6.13. The summed E-state index contributed by atoms with van der Waals surface area (Å²) in [5, 5.41) is 4.10. The van der Waals surface area contributed by atoms with Crippen LogP contribution in [0.3, 0.4) is 0 Å². The maximum absolute atomic E-state index is 11.6. The molecule has 1 aromatic rings. The van der Waals surface area contributed by atoms with E-state index in [0.717, 1.165) is 12.1 Å². The van der Waals surface area contributed by atoms with Crippen LogP contribution in [0.25, 0.3) is 0 Å². The van der Waals surface area contributed by atoms with Gasteiger partial charge in [0, 0.05) is 23.1 Å². The van der Waals surface area contributed by atoms with Crippen LogP contribution in [-0.4, -0.2) is 23.8 Å². The number of thioether (sulfide) groups is 1. The first-order chi connectivity index (χ1) is 12.4. The normalized spacial score (nSPS) is 13.6. The Morgan fingerprint density at radius 3 is 2.23 bits per heavy atom. The van der Waals surface area contributed by atoms with E-state index in [4.69, 9.17) is 4.74 Å². The van der Waals surface area contributed by atoms with Crippen LogP contribution in [0.5, 0.6) is 0 Å². The van der Waals surface area contributed by atoms with Crippen molar-refractivity contribution in [1.29, 1.82) is 0 Å². The molecule has 148 valence electrons. The second-order valence-electron chi connectivity index (χ2n) is 7.28. The van der Waals surface area contributed by atoms with Gasteiger partial charge in [-0.05, 0) is 37.6 Å². The average molecular weight is 380 g/mol. The average Bonchev–Trinajstić information content (AvgIpc) is 2.59. The van der Waals surface area contributed by atoms with Crippen LogP contribution in [0.15, 0.2) is 29.2 Å². The summed E-state index contributed by atoms with van der Waals surface area (Å²) in [7, 11) is 0. The number of hydrogen-bond donors (Lipinski definition) is 1. The van der Waals surface area contributed by atoms with Gasteiger partial charge in [-0.25, -0.2) is 0 Å². The highest BCUT2D eigenvalue weighted by atomic mass is 32.2. The minimum atomic E-state index is -0.245. The summed E-state index contributed by atoms with van der Waals surface area (Å²) >= 11 is 1.84. The fourth-order valence-electron chi connectivity index (χ4n) is 2.99. The fraction of sp³-hybridized carbons (Fsp3) is 0.682. The van der Waals surface area contributed by atoms with Crippen LogP contribution in [0.2, 0.25) is 0 Å². The van der Waals surface area contributed by atoms with Gasteiger partial charge in [0.05, 0.1) is 0 Å². The number of ether oxygens (including phenoxy) is 1. The van der Waals surface area contributed by atoms with E-state index >= 15 is 0 Å². The Bertz CT molecular complexity index is 501. The van der Waals surface area contributed by atoms with Gasteiger partial charge >= 0.3 is 5.97 Å². The summed E-state index contributed by atoms with van der Waals surface area (Å²) in [6.07, 6.45) is 7.46. The highest BCUT2D eigenvalue weighted by molar-refractivity contribution is 7.99. The summed E-state index contributed by atoms with van der Waals surface area (Å²) in [5.41, 5.74) is 1.05. The second-order valence-corrected chi connectivity index (χ2v) is 8.93. The molecule has 0 saturated carbocycles. The van der Waals surface area contributed by atoms with E-state index in [1.165, 1.54) is 50.3 Å². The molecule has 0 aromatic heterocycles. The third-order valence-corrected chi connectivity index (χ3v) is 5.34. The number of benzene rings is 1. The molecule has 0 amide bonds. The predicted molar refractivity (Wildman–Crippen MR) is 113 cm³/mol. The van der Waals surface area contributed by atoms with Crippen molar-refractivity contribution in [3.63, 3.8) is 0 Å². The quantitative estimate of drug-likeness (QED) is 0.254. The van der Waals surface area contributed by atoms with Crippen LogP contribution in [0.4, 0.5) is 0 Å². The third-order valence-electron chi connectivity index (χ3n) is 4.32. The lowest BCUT2D eigenvalue weighted by Crippen LogP contribution is -2.35. The molecule has 0 aliphatic heterocycles. The molecule has 0 aliphatic rings. The number of carbonyl (C=O) groups is 1. The molecule has 1 rings (SSSR count). The Morgan fingerprint density at radius 2 is 1.65 bits per heavy atom. The molecule has 0 bridgehead atoms. The molecule has 0 aliphatic carbocycles. The first kappa shape index (κ1) is 23.0. The molecule has 0 fully saturated rings. The fourth-order valence-corrected chi connectivity index (χ4v) is 3.83. The second kappa shape index (κ2) is 13.2. The number of carbonyl (C=O) groups excluding carboxylic acids is 1. The van der Waals surface area contributed by atoms with Crippen LogP contribution in [0, 0.1) is 0 Å². The molecule has 2 atom stereocenters. The Kier molecular flexibility index (Phi) is 11.7. The van der Waals surface area contributed by atoms with Gasteiger partial charge in [-0.15, -0.1) is 11.8 Å². The molecule has 0 saturated heterocycles. The van der Waals surface area contributed by atoms with Crippen molar-refractivity contribution in [2.75, 3.05) is 6.54 Å². The van der Waals surface area contributed by atoms with E-state index in [-0.39, 0.29) is 18.1 Å². The largest absolute Gasteiger partial charge is 0.456 e. The molecular weight excluding hydrogens is 342 g/mol. The van der Waals surface area contributed by atoms with Crippen molar-refractivity contribution in [2.24, 2.45) is 0 Å². The van der Waals surface area contributed by atoms with Gasteiger partial charge in [-0.1, -0.05) is 65.0 Å². The van der Waals surface area contributed by atoms with Gasteiger partial charge in [0.15, 0.2) is 0 Å². The lowest BCUT2D eigenvalue weighted by molar-refractivity contribution is -0.148. The van der Waals surface area contributed by atoms with E-state index in [1.807, 2.05) is 11.8 Å². The van der Waals surface area contributed by atoms with Crippen LogP contribution < -0.4 is 5.32 Å². The Morgan fingerprint density at radius 1 is 1.04 bits per heavy atom. The minimum absolute atomic E-state index is 0.0955. The molecule has 2 unspecified atom stereocenters. The van der Waals surface area contributed by atoms with Crippen molar-refractivity contribution in [3.8, 4) is 0 Å². The number of hydrogen-bond acceptors (Lipinski definition) is 4. The topological polar surface area (TPSA) is 38.3 Å². The summed E-state index contributed by atoms with van der Waals surface area (Å²) < 4.78 is 5.62. The van der Waals surface area contributed by atoms with Gasteiger partial charge < -0.3 is 10.1 Å². The molecule has 0 spiro atoms. The van der Waals surface area contributed by atoms with Crippen molar-refractivity contribution < 1.29 is 9.53 Å². The highest BCUT2D eigenvalue weighted by Gasteiger charge is 2.22. The van der Waals surface area contributed by atoms with Crippen molar-refractivity contribution in [2.45, 2.75) is 95.4 Å². The zero-order valence-corrected chi connectivity index (χ0v) is 18.0. The minimum Gasteiger partial charge on any atom is -0.456 e. The SMILES string of the molecule is CCCCCCCCNC(C)C(OC(C)=O)c1ccc(SC(C)C)cc1. The first-order valence-electron chi connectivity index (χ1n) is 10.1. The molecular formula is C22H37NO2S. The molecule has 26 heavy (non-hydrogen) atoms. The maximum atomic E-state index is 11.6. The molecule has 3 nitrogen and oxygen atoms in total. The Labute approximate surface area is 164 Å². The molecule has 4 heteroatoms. The monoisotopic (exact) mass is 379 g/mol. The van der Waals surface area contributed by atoms with Crippen LogP contribution in [-0.2, 0) is 9.53 Å². The van der Waals surface area contributed by atoms with Gasteiger partial charge in [0.2, 0.25) is 0 Å². The van der Waals surface area contributed by atoms with E-state index in [1.54, 1.807) is 0 Å². The molecule has 0 radical (unpaired) electrons. The number of esters is 1. The smallest absolute Gasteiger partial charge is 0.303 e. The van der Waals surface area contributed by atoms with Gasteiger partial charge in [-0.2, -0.15) is 0 Å². The Balaban J connectivity index is 2.55. The third kappa shape index (κ3) is 9.63. The molecule has 1 N–H and O–H groups in total. The summed E-state index contributed by atoms with van der Waals surface area (Å²) in [6.45, 7) is 11.2. The van der Waals surface area contributed by atoms with Crippen LogP contribution in [0.1, 0.15) is 84.8 Å². The standard InChI is InChI=1S/C22H37NO2S/c1-6-7-8-9-10-11-16-23-18(4)22(25-19(5)24)20-12-14-21(15-13-20)26-17(2)3/h12-15,17-18,22-23H,6-11,16H2,1-5H3. The van der Waals surface area contributed by atoms with Gasteiger partial charge in [-0.3, -0.25) is 4.79 Å². The lowest BCUT2D eigenvalue weighted by atomic mass is 10.0. The van der Waals surface area contributed by atoms with Gasteiger partial charge in [0.1, 0.15) is 6.10 Å². The van der Waals surface area contributed by atoms with E-state index in [0.29, 0.717) is 5.25 Å². The van der Waals surface area contributed by atoms with Gasteiger partial charge in [0.25, 0.3) is 0 Å². The molecule has 0 heterocycles. The highest BCUT2D eigenvalue weighted by Crippen LogP contribution is 2.27. The molecule has 1 aromatic carbocycles. The van der Waals surface area contributed by atoms with E-state index in [2.05, 4.69) is 57.3 Å². The first-order valence-corrected chi connectivity index (χ1v) is 11.0. The summed E-state index contributed by atoms with van der Waals surface area (Å²) in [4.78, 5) is 12.8. The number of unbranched alkanes of at least 4 members (excludes halogenated alkanes) is 5. The summed E-state index contributed by atoms with van der Waals surface area (Å²) in [6, 6.07) is 8.51. The zero-order chi connectivity index (χ0) is 19.4. The van der Waals surface area contributed by atoms with Crippen LogP contribution >= 0.6 is 11.8 Å². The number of rotatable bonds is 13.